The minimum atomic E-state index is -0.810. The van der Waals surface area contributed by atoms with E-state index in [2.05, 4.69) is 5.32 Å². The highest BCUT2D eigenvalue weighted by atomic mass is 16.4. The first-order valence-corrected chi connectivity index (χ1v) is 5.15. The highest BCUT2D eigenvalue weighted by Crippen LogP contribution is 2.09. The summed E-state index contributed by atoms with van der Waals surface area (Å²) >= 11 is 0. The molecule has 1 saturated heterocycles. The van der Waals surface area contributed by atoms with Crippen LogP contribution in [0.15, 0.2) is 0 Å². The number of carbonyl (C=O) groups is 1. The number of hydrogen-bond acceptors (Lipinski definition) is 3. The van der Waals surface area contributed by atoms with Crippen molar-refractivity contribution in [2.24, 2.45) is 5.73 Å². The molecule has 14 heavy (non-hydrogen) atoms. The molecule has 0 saturated carbocycles. The summed E-state index contributed by atoms with van der Waals surface area (Å²) < 4.78 is 0. The van der Waals surface area contributed by atoms with Gasteiger partial charge in [-0.05, 0) is 32.4 Å². The van der Waals surface area contributed by atoms with Crippen molar-refractivity contribution in [1.82, 2.24) is 10.2 Å². The molecule has 5 nitrogen and oxygen atoms in total. The molecule has 0 aliphatic carbocycles. The van der Waals surface area contributed by atoms with Gasteiger partial charge in [0.05, 0.1) is 0 Å². The molecule has 4 N–H and O–H groups in total. The highest BCUT2D eigenvalue weighted by molar-refractivity contribution is 5.65. The molecule has 1 fully saturated rings. The second-order valence-corrected chi connectivity index (χ2v) is 3.66. The minimum absolute atomic E-state index is 0.311. The fraction of sp³-hybridized carbons (Fsp3) is 0.889. The third kappa shape index (κ3) is 3.51. The van der Waals surface area contributed by atoms with Crippen molar-refractivity contribution in [3.8, 4) is 0 Å². The first-order valence-electron chi connectivity index (χ1n) is 5.15. The fourth-order valence-corrected chi connectivity index (χ4v) is 1.73. The molecule has 1 aliphatic rings. The van der Waals surface area contributed by atoms with Gasteiger partial charge >= 0.3 is 6.09 Å². The lowest BCUT2D eigenvalue weighted by molar-refractivity contribution is 0.126. The first kappa shape index (κ1) is 11.3. The average molecular weight is 201 g/mol. The lowest BCUT2D eigenvalue weighted by atomic mass is 10.1. The number of hydrogen-bond donors (Lipinski definition) is 3. The van der Waals surface area contributed by atoms with Gasteiger partial charge in [0.1, 0.15) is 0 Å². The molecule has 1 rings (SSSR count). The standard InChI is InChI=1S/C9H19N3O2/c10-4-2-5-11-8-3-1-6-12(7-8)9(13)14/h8,11H,1-7,10H2,(H,13,14). The van der Waals surface area contributed by atoms with E-state index < -0.39 is 6.09 Å². The van der Waals surface area contributed by atoms with Crippen LogP contribution in [0.2, 0.25) is 0 Å². The summed E-state index contributed by atoms with van der Waals surface area (Å²) in [5, 5.41) is 12.1. The molecule has 0 bridgehead atoms. The summed E-state index contributed by atoms with van der Waals surface area (Å²) in [4.78, 5) is 12.2. The molecule has 1 amide bonds. The molecule has 1 unspecified atom stereocenters. The Morgan fingerprint density at radius 3 is 3.07 bits per heavy atom. The van der Waals surface area contributed by atoms with Crippen LogP contribution in [0.5, 0.6) is 0 Å². The predicted molar refractivity (Wildman–Crippen MR) is 54.3 cm³/mol. The van der Waals surface area contributed by atoms with Crippen molar-refractivity contribution in [3.63, 3.8) is 0 Å². The molecule has 0 aromatic heterocycles. The van der Waals surface area contributed by atoms with Gasteiger partial charge in [-0.1, -0.05) is 0 Å². The molecular formula is C9H19N3O2. The molecule has 1 atom stereocenters. The maximum absolute atomic E-state index is 10.7. The van der Waals surface area contributed by atoms with Crippen LogP contribution in [-0.2, 0) is 0 Å². The van der Waals surface area contributed by atoms with Gasteiger partial charge < -0.3 is 21.1 Å². The Balaban J connectivity index is 2.22. The van der Waals surface area contributed by atoms with E-state index in [1.54, 1.807) is 0 Å². The van der Waals surface area contributed by atoms with Gasteiger partial charge in [-0.3, -0.25) is 0 Å². The second-order valence-electron chi connectivity index (χ2n) is 3.66. The van der Waals surface area contributed by atoms with Crippen LogP contribution in [-0.4, -0.2) is 48.3 Å². The van der Waals surface area contributed by atoms with Crippen LogP contribution in [0.1, 0.15) is 19.3 Å². The lowest BCUT2D eigenvalue weighted by Crippen LogP contribution is -2.47. The molecule has 0 spiro atoms. The van der Waals surface area contributed by atoms with Crippen molar-refractivity contribution >= 4 is 6.09 Å². The number of piperidine rings is 1. The van der Waals surface area contributed by atoms with Crippen LogP contribution < -0.4 is 11.1 Å². The van der Waals surface area contributed by atoms with Crippen molar-refractivity contribution in [2.75, 3.05) is 26.2 Å². The number of nitrogens with one attached hydrogen (secondary N) is 1. The van der Waals surface area contributed by atoms with E-state index in [0.29, 0.717) is 25.7 Å². The first-order chi connectivity index (χ1) is 6.74. The SMILES string of the molecule is NCCCNC1CCCN(C(=O)O)C1. The van der Waals surface area contributed by atoms with Gasteiger partial charge in [-0.2, -0.15) is 0 Å². The summed E-state index contributed by atoms with van der Waals surface area (Å²) in [7, 11) is 0. The van der Waals surface area contributed by atoms with Gasteiger partial charge in [0.15, 0.2) is 0 Å². The van der Waals surface area contributed by atoms with Gasteiger partial charge in [-0.15, -0.1) is 0 Å². The number of carboxylic acid groups (broad SMARTS) is 1. The van der Waals surface area contributed by atoms with Gasteiger partial charge in [0.2, 0.25) is 0 Å². The lowest BCUT2D eigenvalue weighted by Gasteiger charge is -2.31. The molecule has 0 aromatic rings. The van der Waals surface area contributed by atoms with E-state index >= 15 is 0 Å². The summed E-state index contributed by atoms with van der Waals surface area (Å²) in [6.07, 6.45) is 2.15. The Kier molecular flexibility index (Phi) is 4.69. The predicted octanol–water partition coefficient (Wildman–Crippen LogP) is 0.0672. The Hall–Kier alpha value is -0.810. The van der Waals surface area contributed by atoms with Crippen LogP contribution in [0.25, 0.3) is 0 Å². The molecule has 0 radical (unpaired) electrons. The third-order valence-electron chi connectivity index (χ3n) is 2.51. The largest absolute Gasteiger partial charge is 0.465 e. The summed E-state index contributed by atoms with van der Waals surface area (Å²) in [6.45, 7) is 2.85. The Bertz CT molecular complexity index is 187. The second kappa shape index (κ2) is 5.82. The maximum atomic E-state index is 10.7. The Morgan fingerprint density at radius 2 is 2.43 bits per heavy atom. The van der Waals surface area contributed by atoms with Crippen LogP contribution >= 0.6 is 0 Å². The number of likely N-dealkylation sites (tertiary alicyclic amines) is 1. The number of nitrogens with zero attached hydrogens (tertiary/aromatic N) is 1. The topological polar surface area (TPSA) is 78.6 Å². The summed E-state index contributed by atoms with van der Waals surface area (Å²) in [5.74, 6) is 0. The zero-order valence-electron chi connectivity index (χ0n) is 8.41. The quantitative estimate of drug-likeness (QED) is 0.562. The third-order valence-corrected chi connectivity index (χ3v) is 2.51. The monoisotopic (exact) mass is 201 g/mol. The summed E-state index contributed by atoms with van der Waals surface area (Å²) in [6, 6.07) is 0.311. The average Bonchev–Trinajstić information content (AvgIpc) is 2.19. The van der Waals surface area contributed by atoms with Gasteiger partial charge in [-0.25, -0.2) is 4.79 Å². The van der Waals surface area contributed by atoms with E-state index in [-0.39, 0.29) is 0 Å². The minimum Gasteiger partial charge on any atom is -0.465 e. The zero-order chi connectivity index (χ0) is 10.4. The van der Waals surface area contributed by atoms with E-state index in [9.17, 15) is 4.79 Å². The normalized spacial score (nSPS) is 22.4. The maximum Gasteiger partial charge on any atom is 0.407 e. The summed E-state index contributed by atoms with van der Waals surface area (Å²) in [5.41, 5.74) is 5.38. The zero-order valence-corrected chi connectivity index (χ0v) is 8.41. The van der Waals surface area contributed by atoms with E-state index in [0.717, 1.165) is 25.8 Å². The van der Waals surface area contributed by atoms with E-state index in [1.807, 2.05) is 0 Å². The van der Waals surface area contributed by atoms with Gasteiger partial charge in [0.25, 0.3) is 0 Å². The van der Waals surface area contributed by atoms with Crippen LogP contribution in [0.3, 0.4) is 0 Å². The molecule has 1 aliphatic heterocycles. The smallest absolute Gasteiger partial charge is 0.407 e. The molecule has 5 heteroatoms. The van der Waals surface area contributed by atoms with Crippen LogP contribution in [0, 0.1) is 0 Å². The van der Waals surface area contributed by atoms with Crippen molar-refractivity contribution in [3.05, 3.63) is 0 Å². The molecule has 0 aromatic carbocycles. The molecular weight excluding hydrogens is 182 g/mol. The molecule has 1 heterocycles. The number of rotatable bonds is 4. The van der Waals surface area contributed by atoms with Crippen LogP contribution in [0.4, 0.5) is 4.79 Å². The number of nitrogens with two attached hydrogens (primary N) is 1. The van der Waals surface area contributed by atoms with Crippen molar-refractivity contribution < 1.29 is 9.90 Å². The molecule has 82 valence electrons. The van der Waals surface area contributed by atoms with Gasteiger partial charge in [0, 0.05) is 19.1 Å². The highest BCUT2D eigenvalue weighted by Gasteiger charge is 2.22. The van der Waals surface area contributed by atoms with E-state index in [1.165, 1.54) is 4.90 Å². The number of amides is 1. The Labute approximate surface area is 84.3 Å². The Morgan fingerprint density at radius 1 is 1.64 bits per heavy atom. The fourth-order valence-electron chi connectivity index (χ4n) is 1.73. The van der Waals surface area contributed by atoms with Crippen molar-refractivity contribution in [2.45, 2.75) is 25.3 Å². The van der Waals surface area contributed by atoms with Crippen molar-refractivity contribution in [1.29, 1.82) is 0 Å². The van der Waals surface area contributed by atoms with E-state index in [4.69, 9.17) is 10.8 Å².